The maximum atomic E-state index is 11.8. The standard InChI is InChI=1S/C10H15NO4/c1-6(8(13)15-4)11-7(12)5-10(2,3)9(11)14/h6H,5H2,1-4H3. The molecule has 1 aliphatic heterocycles. The van der Waals surface area contributed by atoms with Crippen LogP contribution in [-0.4, -0.2) is 35.8 Å². The van der Waals surface area contributed by atoms with E-state index in [1.807, 2.05) is 0 Å². The third-order valence-electron chi connectivity index (χ3n) is 2.59. The number of amides is 2. The van der Waals surface area contributed by atoms with Gasteiger partial charge in [-0.1, -0.05) is 13.8 Å². The number of carbonyl (C=O) groups excluding carboxylic acids is 3. The summed E-state index contributed by atoms with van der Waals surface area (Å²) in [7, 11) is 1.23. The van der Waals surface area contributed by atoms with Gasteiger partial charge in [0.2, 0.25) is 11.8 Å². The van der Waals surface area contributed by atoms with Gasteiger partial charge >= 0.3 is 5.97 Å². The Morgan fingerprint density at radius 1 is 1.47 bits per heavy atom. The van der Waals surface area contributed by atoms with Crippen LogP contribution < -0.4 is 0 Å². The fourth-order valence-electron chi connectivity index (χ4n) is 1.65. The van der Waals surface area contributed by atoms with E-state index in [9.17, 15) is 14.4 Å². The molecule has 2 amide bonds. The number of likely N-dealkylation sites (tertiary alicyclic amines) is 1. The van der Waals surface area contributed by atoms with Gasteiger partial charge in [-0.2, -0.15) is 0 Å². The molecule has 0 radical (unpaired) electrons. The van der Waals surface area contributed by atoms with Gasteiger partial charge in [0.1, 0.15) is 6.04 Å². The van der Waals surface area contributed by atoms with E-state index in [0.717, 1.165) is 4.90 Å². The number of ether oxygens (including phenoxy) is 1. The van der Waals surface area contributed by atoms with E-state index >= 15 is 0 Å². The molecule has 5 heteroatoms. The van der Waals surface area contributed by atoms with Gasteiger partial charge < -0.3 is 4.74 Å². The lowest BCUT2D eigenvalue weighted by molar-refractivity contribution is -0.156. The third kappa shape index (κ3) is 1.86. The quantitative estimate of drug-likeness (QED) is 0.490. The summed E-state index contributed by atoms with van der Waals surface area (Å²) < 4.78 is 4.50. The fourth-order valence-corrected chi connectivity index (χ4v) is 1.65. The van der Waals surface area contributed by atoms with Crippen LogP contribution in [0.3, 0.4) is 0 Å². The average Bonchev–Trinajstić information content (AvgIpc) is 2.34. The Morgan fingerprint density at radius 3 is 2.33 bits per heavy atom. The molecule has 0 spiro atoms. The molecule has 0 N–H and O–H groups in total. The third-order valence-corrected chi connectivity index (χ3v) is 2.59. The molecule has 0 aromatic heterocycles. The monoisotopic (exact) mass is 213 g/mol. The lowest BCUT2D eigenvalue weighted by Crippen LogP contribution is -2.44. The zero-order valence-corrected chi connectivity index (χ0v) is 9.36. The molecule has 1 heterocycles. The number of imide groups is 1. The predicted molar refractivity (Wildman–Crippen MR) is 51.7 cm³/mol. The van der Waals surface area contributed by atoms with Crippen LogP contribution in [0.4, 0.5) is 0 Å². The van der Waals surface area contributed by atoms with E-state index in [-0.39, 0.29) is 18.2 Å². The molecule has 0 aliphatic carbocycles. The second kappa shape index (κ2) is 3.64. The summed E-state index contributed by atoms with van der Waals surface area (Å²) in [6.45, 7) is 4.87. The van der Waals surface area contributed by atoms with Crippen molar-refractivity contribution in [3.05, 3.63) is 0 Å². The summed E-state index contributed by atoms with van der Waals surface area (Å²) in [6.07, 6.45) is 0.146. The summed E-state index contributed by atoms with van der Waals surface area (Å²) in [5.74, 6) is -1.21. The molecule has 1 saturated heterocycles. The molecule has 0 saturated carbocycles. The van der Waals surface area contributed by atoms with E-state index in [1.54, 1.807) is 13.8 Å². The fraction of sp³-hybridized carbons (Fsp3) is 0.700. The van der Waals surface area contributed by atoms with Crippen LogP contribution in [0.2, 0.25) is 0 Å². The molecule has 1 aliphatic rings. The molecule has 1 unspecified atom stereocenters. The Labute approximate surface area is 88.4 Å². The smallest absolute Gasteiger partial charge is 0.328 e. The number of hydrogen-bond acceptors (Lipinski definition) is 4. The maximum Gasteiger partial charge on any atom is 0.328 e. The highest BCUT2D eigenvalue weighted by Gasteiger charge is 2.48. The first-order valence-electron chi connectivity index (χ1n) is 4.75. The molecular weight excluding hydrogens is 198 g/mol. The molecule has 0 aromatic carbocycles. The molecule has 84 valence electrons. The summed E-state index contributed by atoms with van der Waals surface area (Å²) in [5.41, 5.74) is -0.709. The Morgan fingerprint density at radius 2 is 2.00 bits per heavy atom. The predicted octanol–water partition coefficient (Wildman–Crippen LogP) is 0.333. The molecule has 0 bridgehead atoms. The van der Waals surface area contributed by atoms with Crippen molar-refractivity contribution in [3.63, 3.8) is 0 Å². The minimum Gasteiger partial charge on any atom is -0.467 e. The Balaban J connectivity index is 2.93. The topological polar surface area (TPSA) is 63.7 Å². The summed E-state index contributed by atoms with van der Waals surface area (Å²) in [4.78, 5) is 35.6. The Bertz CT molecular complexity index is 321. The first kappa shape index (κ1) is 11.7. The van der Waals surface area contributed by atoms with Gasteiger partial charge in [-0.3, -0.25) is 14.5 Å². The number of nitrogens with zero attached hydrogens (tertiary/aromatic N) is 1. The van der Waals surface area contributed by atoms with Crippen LogP contribution in [0, 0.1) is 5.41 Å². The normalized spacial score (nSPS) is 21.7. The van der Waals surface area contributed by atoms with E-state index in [2.05, 4.69) is 4.74 Å². The second-order valence-corrected chi connectivity index (χ2v) is 4.33. The van der Waals surface area contributed by atoms with Crippen molar-refractivity contribution in [2.45, 2.75) is 33.2 Å². The number of hydrogen-bond donors (Lipinski definition) is 0. The second-order valence-electron chi connectivity index (χ2n) is 4.33. The maximum absolute atomic E-state index is 11.8. The molecule has 1 rings (SSSR count). The van der Waals surface area contributed by atoms with E-state index in [1.165, 1.54) is 14.0 Å². The van der Waals surface area contributed by atoms with Crippen molar-refractivity contribution < 1.29 is 19.1 Å². The van der Waals surface area contributed by atoms with Crippen molar-refractivity contribution in [2.75, 3.05) is 7.11 Å². The van der Waals surface area contributed by atoms with Gasteiger partial charge in [0.05, 0.1) is 12.5 Å². The Hall–Kier alpha value is -1.39. The van der Waals surface area contributed by atoms with Crippen LogP contribution in [0.1, 0.15) is 27.2 Å². The average molecular weight is 213 g/mol. The number of methoxy groups -OCH3 is 1. The Kier molecular flexibility index (Phi) is 2.83. The zero-order chi connectivity index (χ0) is 11.8. The van der Waals surface area contributed by atoms with Gasteiger partial charge in [-0.05, 0) is 6.92 Å². The summed E-state index contributed by atoms with van der Waals surface area (Å²) >= 11 is 0. The van der Waals surface area contributed by atoms with Crippen molar-refractivity contribution in [2.24, 2.45) is 5.41 Å². The van der Waals surface area contributed by atoms with Crippen molar-refractivity contribution in [3.8, 4) is 0 Å². The summed E-state index contributed by atoms with van der Waals surface area (Å²) in [5, 5.41) is 0. The SMILES string of the molecule is COC(=O)C(C)N1C(=O)CC(C)(C)C1=O. The van der Waals surface area contributed by atoms with E-state index < -0.39 is 17.4 Å². The first-order chi connectivity index (χ1) is 6.81. The highest BCUT2D eigenvalue weighted by molar-refractivity contribution is 6.07. The van der Waals surface area contributed by atoms with Crippen molar-refractivity contribution >= 4 is 17.8 Å². The molecule has 0 aromatic rings. The molecule has 15 heavy (non-hydrogen) atoms. The largest absolute Gasteiger partial charge is 0.467 e. The minimum absolute atomic E-state index is 0.146. The van der Waals surface area contributed by atoms with E-state index in [0.29, 0.717) is 0 Å². The molecular formula is C10H15NO4. The van der Waals surface area contributed by atoms with Gasteiger partial charge in [0, 0.05) is 6.42 Å². The van der Waals surface area contributed by atoms with Crippen molar-refractivity contribution in [1.29, 1.82) is 0 Å². The van der Waals surface area contributed by atoms with Crippen LogP contribution >= 0.6 is 0 Å². The number of rotatable bonds is 2. The highest BCUT2D eigenvalue weighted by atomic mass is 16.5. The van der Waals surface area contributed by atoms with Gasteiger partial charge in [0.25, 0.3) is 0 Å². The highest BCUT2D eigenvalue weighted by Crippen LogP contribution is 2.32. The number of carbonyl (C=O) groups is 3. The van der Waals surface area contributed by atoms with Crippen LogP contribution in [0.5, 0.6) is 0 Å². The molecule has 5 nitrogen and oxygen atoms in total. The van der Waals surface area contributed by atoms with E-state index in [4.69, 9.17) is 0 Å². The minimum atomic E-state index is -0.836. The van der Waals surface area contributed by atoms with Gasteiger partial charge in [-0.25, -0.2) is 4.79 Å². The molecule has 1 fully saturated rings. The van der Waals surface area contributed by atoms with Gasteiger partial charge in [0.15, 0.2) is 0 Å². The molecule has 1 atom stereocenters. The summed E-state index contributed by atoms with van der Waals surface area (Å²) in [6, 6.07) is -0.836. The van der Waals surface area contributed by atoms with Crippen LogP contribution in [-0.2, 0) is 19.1 Å². The van der Waals surface area contributed by atoms with Crippen molar-refractivity contribution in [1.82, 2.24) is 4.90 Å². The lowest BCUT2D eigenvalue weighted by Gasteiger charge is -2.22. The zero-order valence-electron chi connectivity index (χ0n) is 9.36. The lowest BCUT2D eigenvalue weighted by atomic mass is 9.92. The van der Waals surface area contributed by atoms with Crippen LogP contribution in [0.15, 0.2) is 0 Å². The van der Waals surface area contributed by atoms with Gasteiger partial charge in [-0.15, -0.1) is 0 Å². The number of esters is 1. The first-order valence-corrected chi connectivity index (χ1v) is 4.75. The van der Waals surface area contributed by atoms with Crippen LogP contribution in [0.25, 0.3) is 0 Å².